The van der Waals surface area contributed by atoms with Crippen molar-refractivity contribution in [2.24, 2.45) is 11.8 Å². The van der Waals surface area contributed by atoms with Gasteiger partial charge in [-0.3, -0.25) is 19.2 Å². The van der Waals surface area contributed by atoms with Crippen molar-refractivity contribution in [2.75, 3.05) is 6.61 Å². The number of amides is 3. The van der Waals surface area contributed by atoms with Crippen molar-refractivity contribution in [1.29, 1.82) is 0 Å². The van der Waals surface area contributed by atoms with Crippen molar-refractivity contribution in [2.45, 2.75) is 111 Å². The molecule has 8 heteroatoms. The fraction of sp³-hybridized carbons (Fsp3) is 0.833. The molecular formula is C24H43N3O5. The highest BCUT2D eigenvalue weighted by atomic mass is 16.6. The molecule has 0 unspecified atom stereocenters. The van der Waals surface area contributed by atoms with E-state index in [1.165, 1.54) is 0 Å². The molecule has 3 amide bonds. The first kappa shape index (κ1) is 28.1. The molecule has 1 aliphatic heterocycles. The van der Waals surface area contributed by atoms with Crippen LogP contribution in [0.3, 0.4) is 0 Å². The van der Waals surface area contributed by atoms with Gasteiger partial charge in [-0.05, 0) is 38.0 Å². The fourth-order valence-electron chi connectivity index (χ4n) is 3.52. The van der Waals surface area contributed by atoms with Crippen LogP contribution in [0.25, 0.3) is 0 Å². The van der Waals surface area contributed by atoms with E-state index in [1.54, 1.807) is 13.8 Å². The van der Waals surface area contributed by atoms with E-state index in [1.807, 2.05) is 27.7 Å². The third kappa shape index (κ3) is 8.88. The summed E-state index contributed by atoms with van der Waals surface area (Å²) in [5.41, 5.74) is -0.831. The number of hydrogen-bond acceptors (Lipinski definition) is 5. The summed E-state index contributed by atoms with van der Waals surface area (Å²) in [5.74, 6) is -1.02. The van der Waals surface area contributed by atoms with Crippen molar-refractivity contribution in [1.82, 2.24) is 16.0 Å². The van der Waals surface area contributed by atoms with E-state index in [4.69, 9.17) is 4.74 Å². The summed E-state index contributed by atoms with van der Waals surface area (Å²) < 4.78 is 5.27. The largest absolute Gasteiger partial charge is 0.361 e. The van der Waals surface area contributed by atoms with Gasteiger partial charge in [-0.25, -0.2) is 0 Å². The zero-order valence-corrected chi connectivity index (χ0v) is 20.9. The van der Waals surface area contributed by atoms with Gasteiger partial charge in [-0.1, -0.05) is 54.4 Å². The predicted octanol–water partition coefficient (Wildman–Crippen LogP) is 2.49. The normalized spacial score (nSPS) is 20.4. The summed E-state index contributed by atoms with van der Waals surface area (Å²) >= 11 is 0. The number of ether oxygens (including phenoxy) is 1. The Kier molecular flexibility index (Phi) is 11.3. The molecule has 1 aliphatic rings. The van der Waals surface area contributed by atoms with E-state index in [0.717, 1.165) is 19.3 Å². The average Bonchev–Trinajstić information content (AvgIpc) is 3.47. The predicted molar refractivity (Wildman–Crippen MR) is 124 cm³/mol. The first-order valence-corrected chi connectivity index (χ1v) is 12.0. The Morgan fingerprint density at radius 3 is 1.97 bits per heavy atom. The summed E-state index contributed by atoms with van der Waals surface area (Å²) in [5, 5.41) is 8.39. The van der Waals surface area contributed by atoms with Crippen LogP contribution in [0.5, 0.6) is 0 Å². The number of carbonyl (C=O) groups is 4. The van der Waals surface area contributed by atoms with Crippen LogP contribution >= 0.6 is 0 Å². The van der Waals surface area contributed by atoms with Crippen molar-refractivity contribution in [3.05, 3.63) is 0 Å². The van der Waals surface area contributed by atoms with Gasteiger partial charge < -0.3 is 20.7 Å². The number of rotatable bonds is 15. The molecule has 0 aliphatic carbocycles. The quantitative estimate of drug-likeness (QED) is 0.260. The summed E-state index contributed by atoms with van der Waals surface area (Å²) in [6, 6.07) is -2.19. The molecule has 3 N–H and O–H groups in total. The molecule has 0 aromatic rings. The molecule has 0 saturated carbocycles. The molecule has 0 aromatic heterocycles. The van der Waals surface area contributed by atoms with Crippen LogP contribution in [0.1, 0.15) is 87.0 Å². The van der Waals surface area contributed by atoms with E-state index < -0.39 is 35.5 Å². The second-order valence-electron chi connectivity index (χ2n) is 9.79. The van der Waals surface area contributed by atoms with E-state index in [2.05, 4.69) is 22.9 Å². The maximum absolute atomic E-state index is 12.9. The second-order valence-corrected chi connectivity index (χ2v) is 9.79. The van der Waals surface area contributed by atoms with Gasteiger partial charge in [0.05, 0.1) is 12.6 Å². The number of unbranched alkanes of at least 4 members (excludes halogenated alkanes) is 2. The Hall–Kier alpha value is -1.96. The summed E-state index contributed by atoms with van der Waals surface area (Å²) in [6.07, 6.45) is 3.99. The Labute approximate surface area is 193 Å². The van der Waals surface area contributed by atoms with Crippen LogP contribution in [0.2, 0.25) is 0 Å². The van der Waals surface area contributed by atoms with Crippen molar-refractivity contribution in [3.63, 3.8) is 0 Å². The Morgan fingerprint density at radius 1 is 0.906 bits per heavy atom. The lowest BCUT2D eigenvalue weighted by molar-refractivity contribution is -0.135. The molecule has 8 nitrogen and oxygen atoms in total. The van der Waals surface area contributed by atoms with Crippen molar-refractivity contribution >= 4 is 23.5 Å². The Morgan fingerprint density at radius 2 is 1.50 bits per heavy atom. The number of nitrogens with one attached hydrogen (secondary N) is 3. The highest BCUT2D eigenvalue weighted by molar-refractivity contribution is 5.98. The summed E-state index contributed by atoms with van der Waals surface area (Å²) in [6.45, 7) is 13.6. The lowest BCUT2D eigenvalue weighted by Crippen LogP contribution is -2.57. The highest BCUT2D eigenvalue weighted by Gasteiger charge is 2.50. The molecular weight excluding hydrogens is 410 g/mol. The minimum Gasteiger partial charge on any atom is -0.361 e. The van der Waals surface area contributed by atoms with Crippen molar-refractivity contribution in [3.8, 4) is 0 Å². The monoisotopic (exact) mass is 453 g/mol. The molecule has 0 aromatic carbocycles. The Balaban J connectivity index is 2.78. The molecule has 1 rings (SSSR count). The molecule has 1 fully saturated rings. The zero-order chi connectivity index (χ0) is 24.5. The number of hydrogen-bond donors (Lipinski definition) is 3. The number of Topliss-reactive ketones (excluding diaryl/α,β-unsaturated/α-hetero) is 1. The minimum atomic E-state index is -0.831. The van der Waals surface area contributed by atoms with E-state index in [0.29, 0.717) is 25.9 Å². The number of carbonyl (C=O) groups excluding carboxylic acids is 4. The van der Waals surface area contributed by atoms with Gasteiger partial charge in [-0.15, -0.1) is 0 Å². The smallest absolute Gasteiger partial charge is 0.243 e. The molecule has 32 heavy (non-hydrogen) atoms. The fourth-order valence-corrected chi connectivity index (χ4v) is 3.52. The molecule has 1 saturated heterocycles. The van der Waals surface area contributed by atoms with Gasteiger partial charge in [0, 0.05) is 6.42 Å². The van der Waals surface area contributed by atoms with E-state index in [-0.39, 0.29) is 23.5 Å². The van der Waals surface area contributed by atoms with E-state index in [9.17, 15) is 19.2 Å². The van der Waals surface area contributed by atoms with Gasteiger partial charge >= 0.3 is 0 Å². The maximum atomic E-state index is 12.9. The van der Waals surface area contributed by atoms with Crippen molar-refractivity contribution < 1.29 is 23.9 Å². The molecule has 4 atom stereocenters. The van der Waals surface area contributed by atoms with E-state index >= 15 is 0 Å². The average molecular weight is 454 g/mol. The van der Waals surface area contributed by atoms with Gasteiger partial charge in [0.25, 0.3) is 0 Å². The van der Waals surface area contributed by atoms with Crippen LogP contribution in [-0.2, 0) is 23.9 Å². The minimum absolute atomic E-state index is 0.132. The number of ketones is 1. The lowest BCUT2D eigenvalue weighted by atomic mass is 9.93. The summed E-state index contributed by atoms with van der Waals surface area (Å²) in [7, 11) is 0. The standard InChI is InChI=1S/C24H43N3O5/c1-8-10-11-12-19(28)27-20(16(5)6)23(31)25-17(9-2)22(30)26-18(13-15(3)4)21(29)24(7)14-32-24/h15-18,20H,8-14H2,1-7H3,(H,25,31)(H,26,30)(H,27,28)/t17-,18-,20-,24+/m0/s1. The van der Waals surface area contributed by atoms with Crippen LogP contribution in [0.4, 0.5) is 0 Å². The Bertz CT molecular complexity index is 658. The van der Waals surface area contributed by atoms with Gasteiger partial charge in [0.1, 0.15) is 17.7 Å². The third-order valence-electron chi connectivity index (χ3n) is 5.75. The SMILES string of the molecule is CCCCCC(=O)N[C@H](C(=O)N[C@@H](CC)C(=O)N[C@@H](CC(C)C)C(=O)[C@@]1(C)CO1)C(C)C. The second kappa shape index (κ2) is 12.9. The van der Waals surface area contributed by atoms with Crippen LogP contribution in [0.15, 0.2) is 0 Å². The first-order chi connectivity index (χ1) is 14.9. The molecule has 0 bridgehead atoms. The molecule has 184 valence electrons. The van der Waals surface area contributed by atoms with Crippen LogP contribution in [-0.4, -0.2) is 53.8 Å². The molecule has 0 spiro atoms. The van der Waals surface area contributed by atoms with Crippen LogP contribution in [0, 0.1) is 11.8 Å². The topological polar surface area (TPSA) is 117 Å². The van der Waals surface area contributed by atoms with Gasteiger partial charge in [-0.2, -0.15) is 0 Å². The number of epoxide rings is 1. The van der Waals surface area contributed by atoms with Gasteiger partial charge in [0.2, 0.25) is 17.7 Å². The highest BCUT2D eigenvalue weighted by Crippen LogP contribution is 2.29. The van der Waals surface area contributed by atoms with Gasteiger partial charge in [0.15, 0.2) is 5.78 Å². The molecule has 0 radical (unpaired) electrons. The third-order valence-corrected chi connectivity index (χ3v) is 5.75. The molecule has 1 heterocycles. The lowest BCUT2D eigenvalue weighted by Gasteiger charge is -2.27. The maximum Gasteiger partial charge on any atom is 0.243 e. The first-order valence-electron chi connectivity index (χ1n) is 12.0. The summed E-state index contributed by atoms with van der Waals surface area (Å²) in [4.78, 5) is 50.8. The zero-order valence-electron chi connectivity index (χ0n) is 20.9. The van der Waals surface area contributed by atoms with Crippen LogP contribution < -0.4 is 16.0 Å².